The number of sulfonamides is 1. The standard InChI is InChI=1S/C13H13ClN2O3S/c1-19-10-4-2-9(3-5-10)16-20(17,18)11-6-7-12(14)13(15)8-11/h2-8,16H,15H2,1H3. The molecule has 2 aromatic rings. The van der Waals surface area contributed by atoms with Gasteiger partial charge in [0.2, 0.25) is 0 Å². The van der Waals surface area contributed by atoms with Crippen LogP contribution >= 0.6 is 11.6 Å². The van der Waals surface area contributed by atoms with E-state index >= 15 is 0 Å². The molecule has 5 nitrogen and oxygen atoms in total. The number of methoxy groups -OCH3 is 1. The highest BCUT2D eigenvalue weighted by Gasteiger charge is 2.15. The molecule has 2 rings (SSSR count). The van der Waals surface area contributed by atoms with Crippen molar-refractivity contribution in [2.45, 2.75) is 4.90 Å². The van der Waals surface area contributed by atoms with Gasteiger partial charge in [-0.1, -0.05) is 11.6 Å². The van der Waals surface area contributed by atoms with Crippen molar-refractivity contribution in [3.05, 3.63) is 47.5 Å². The summed E-state index contributed by atoms with van der Waals surface area (Å²) in [4.78, 5) is 0.0511. The SMILES string of the molecule is COc1ccc(NS(=O)(=O)c2ccc(Cl)c(N)c2)cc1. The third-order valence-corrected chi connectivity index (χ3v) is 4.34. The van der Waals surface area contributed by atoms with Crippen LogP contribution in [0.5, 0.6) is 5.75 Å². The van der Waals surface area contributed by atoms with Gasteiger partial charge in [0.25, 0.3) is 10.0 Å². The summed E-state index contributed by atoms with van der Waals surface area (Å²) in [7, 11) is -2.16. The van der Waals surface area contributed by atoms with E-state index in [0.717, 1.165) is 0 Å². The molecule has 0 aliphatic carbocycles. The quantitative estimate of drug-likeness (QED) is 0.851. The number of ether oxygens (including phenoxy) is 1. The van der Waals surface area contributed by atoms with Crippen molar-refractivity contribution in [3.8, 4) is 5.75 Å². The van der Waals surface area contributed by atoms with Gasteiger partial charge in [0, 0.05) is 5.69 Å². The fraction of sp³-hybridized carbons (Fsp3) is 0.0769. The van der Waals surface area contributed by atoms with Crippen molar-refractivity contribution >= 4 is 33.0 Å². The summed E-state index contributed by atoms with van der Waals surface area (Å²) < 4.78 is 31.8. The molecule has 0 radical (unpaired) electrons. The van der Waals surface area contributed by atoms with Crippen LogP contribution in [0.2, 0.25) is 5.02 Å². The van der Waals surface area contributed by atoms with E-state index in [-0.39, 0.29) is 10.6 Å². The summed E-state index contributed by atoms with van der Waals surface area (Å²) in [5.41, 5.74) is 6.25. The van der Waals surface area contributed by atoms with E-state index in [1.165, 1.54) is 25.3 Å². The Bertz CT molecular complexity index is 715. The minimum absolute atomic E-state index is 0.0511. The minimum Gasteiger partial charge on any atom is -0.497 e. The molecule has 0 amide bonds. The van der Waals surface area contributed by atoms with E-state index in [1.807, 2.05) is 0 Å². The summed E-state index contributed by atoms with van der Waals surface area (Å²) >= 11 is 5.77. The monoisotopic (exact) mass is 312 g/mol. The molecular formula is C13H13ClN2O3S. The van der Waals surface area contributed by atoms with Gasteiger partial charge in [-0.15, -0.1) is 0 Å². The highest BCUT2D eigenvalue weighted by molar-refractivity contribution is 7.92. The number of nitrogen functional groups attached to an aromatic ring is 1. The van der Waals surface area contributed by atoms with Crippen molar-refractivity contribution in [1.82, 2.24) is 0 Å². The van der Waals surface area contributed by atoms with Crippen LogP contribution in [-0.4, -0.2) is 15.5 Å². The largest absolute Gasteiger partial charge is 0.497 e. The maximum atomic E-state index is 12.2. The third-order valence-electron chi connectivity index (χ3n) is 2.62. The number of anilines is 2. The van der Waals surface area contributed by atoms with Crippen LogP contribution in [0, 0.1) is 0 Å². The molecule has 0 aliphatic rings. The van der Waals surface area contributed by atoms with Crippen LogP contribution in [0.25, 0.3) is 0 Å². The van der Waals surface area contributed by atoms with Gasteiger partial charge in [-0.25, -0.2) is 8.42 Å². The number of hydrogen-bond acceptors (Lipinski definition) is 4. The summed E-state index contributed by atoms with van der Waals surface area (Å²) in [5, 5.41) is 0.313. The second-order valence-electron chi connectivity index (χ2n) is 4.02. The Labute approximate surface area is 122 Å². The van der Waals surface area contributed by atoms with E-state index in [2.05, 4.69) is 4.72 Å². The molecule has 7 heteroatoms. The van der Waals surface area contributed by atoms with Crippen molar-refractivity contribution in [3.63, 3.8) is 0 Å². The van der Waals surface area contributed by atoms with Crippen LogP contribution in [0.4, 0.5) is 11.4 Å². The van der Waals surface area contributed by atoms with Gasteiger partial charge in [0.15, 0.2) is 0 Å². The van der Waals surface area contributed by atoms with E-state index in [1.54, 1.807) is 24.3 Å². The van der Waals surface area contributed by atoms with Gasteiger partial charge in [-0.3, -0.25) is 4.72 Å². The van der Waals surface area contributed by atoms with Gasteiger partial charge in [0.1, 0.15) is 5.75 Å². The summed E-state index contributed by atoms with van der Waals surface area (Å²) in [6.07, 6.45) is 0. The highest BCUT2D eigenvalue weighted by atomic mass is 35.5. The van der Waals surface area contributed by atoms with Crippen molar-refractivity contribution in [2.75, 3.05) is 17.6 Å². The second kappa shape index (κ2) is 5.60. The Morgan fingerprint density at radius 2 is 1.80 bits per heavy atom. The Morgan fingerprint density at radius 1 is 1.15 bits per heavy atom. The number of rotatable bonds is 4. The predicted octanol–water partition coefficient (Wildman–Crippen LogP) is 2.73. The van der Waals surface area contributed by atoms with Crippen molar-refractivity contribution in [1.29, 1.82) is 0 Å². The lowest BCUT2D eigenvalue weighted by molar-refractivity contribution is 0.415. The molecule has 0 fully saturated rings. The second-order valence-corrected chi connectivity index (χ2v) is 6.11. The molecule has 3 N–H and O–H groups in total. The van der Waals surface area contributed by atoms with Gasteiger partial charge in [-0.05, 0) is 42.5 Å². The molecule has 0 aliphatic heterocycles. The van der Waals surface area contributed by atoms with Gasteiger partial charge in [-0.2, -0.15) is 0 Å². The number of hydrogen-bond donors (Lipinski definition) is 2. The summed E-state index contributed by atoms with van der Waals surface area (Å²) in [5.74, 6) is 0.642. The first-order valence-electron chi connectivity index (χ1n) is 5.64. The Kier molecular flexibility index (Phi) is 4.06. The molecular weight excluding hydrogens is 300 g/mol. The molecule has 0 bridgehead atoms. The van der Waals surface area contributed by atoms with E-state index in [0.29, 0.717) is 16.5 Å². The van der Waals surface area contributed by atoms with Gasteiger partial charge < -0.3 is 10.5 Å². The van der Waals surface area contributed by atoms with Crippen molar-refractivity contribution in [2.24, 2.45) is 0 Å². The van der Waals surface area contributed by atoms with Crippen LogP contribution in [-0.2, 0) is 10.0 Å². The van der Waals surface area contributed by atoms with Gasteiger partial charge >= 0.3 is 0 Å². The Morgan fingerprint density at radius 3 is 2.35 bits per heavy atom. The fourth-order valence-electron chi connectivity index (χ4n) is 1.56. The molecule has 106 valence electrons. The molecule has 0 unspecified atom stereocenters. The number of benzene rings is 2. The van der Waals surface area contributed by atoms with Crippen molar-refractivity contribution < 1.29 is 13.2 Å². The number of nitrogens with two attached hydrogens (primary N) is 1. The molecule has 0 saturated heterocycles. The molecule has 0 saturated carbocycles. The molecule has 20 heavy (non-hydrogen) atoms. The topological polar surface area (TPSA) is 81.4 Å². The van der Waals surface area contributed by atoms with Crippen LogP contribution in [0.3, 0.4) is 0 Å². The molecule has 2 aromatic carbocycles. The number of nitrogens with one attached hydrogen (secondary N) is 1. The average Bonchev–Trinajstić information content (AvgIpc) is 2.42. The smallest absolute Gasteiger partial charge is 0.261 e. The van der Waals surface area contributed by atoms with Gasteiger partial charge in [0.05, 0.1) is 22.7 Å². The minimum atomic E-state index is -3.70. The van der Waals surface area contributed by atoms with E-state index in [9.17, 15) is 8.42 Å². The first kappa shape index (κ1) is 14.5. The van der Waals surface area contributed by atoms with E-state index in [4.69, 9.17) is 22.1 Å². The zero-order chi connectivity index (χ0) is 14.8. The zero-order valence-corrected chi connectivity index (χ0v) is 12.2. The Balaban J connectivity index is 2.27. The lowest BCUT2D eigenvalue weighted by Gasteiger charge is -2.09. The summed E-state index contributed by atoms with van der Waals surface area (Å²) in [6.45, 7) is 0. The maximum Gasteiger partial charge on any atom is 0.261 e. The van der Waals surface area contributed by atoms with E-state index < -0.39 is 10.0 Å². The average molecular weight is 313 g/mol. The molecule has 0 aromatic heterocycles. The predicted molar refractivity (Wildman–Crippen MR) is 79.7 cm³/mol. The molecule has 0 spiro atoms. The Hall–Kier alpha value is -1.92. The maximum absolute atomic E-state index is 12.2. The first-order chi connectivity index (χ1) is 9.42. The van der Waals surface area contributed by atoms with Crippen LogP contribution < -0.4 is 15.2 Å². The number of halogens is 1. The highest BCUT2D eigenvalue weighted by Crippen LogP contribution is 2.24. The normalized spacial score (nSPS) is 11.1. The molecule has 0 heterocycles. The van der Waals surface area contributed by atoms with Crippen LogP contribution in [0.1, 0.15) is 0 Å². The first-order valence-corrected chi connectivity index (χ1v) is 7.50. The fourth-order valence-corrected chi connectivity index (χ4v) is 2.77. The lowest BCUT2D eigenvalue weighted by atomic mass is 10.3. The van der Waals surface area contributed by atoms with Crippen LogP contribution in [0.15, 0.2) is 47.4 Å². The lowest BCUT2D eigenvalue weighted by Crippen LogP contribution is -2.13. The summed E-state index contributed by atoms with van der Waals surface area (Å²) in [6, 6.07) is 10.7. The third kappa shape index (κ3) is 3.15. The zero-order valence-electron chi connectivity index (χ0n) is 10.6. The molecule has 0 atom stereocenters.